The summed E-state index contributed by atoms with van der Waals surface area (Å²) in [5.41, 5.74) is 8.20. The van der Waals surface area contributed by atoms with Crippen LogP contribution in [0.2, 0.25) is 5.02 Å². The highest BCUT2D eigenvalue weighted by Gasteiger charge is 2.23. The number of nitrogens with two attached hydrogens (primary N) is 1. The lowest BCUT2D eigenvalue weighted by atomic mass is 10.0. The highest BCUT2D eigenvalue weighted by molar-refractivity contribution is 6.33. The van der Waals surface area contributed by atoms with Gasteiger partial charge in [0, 0.05) is 18.4 Å². The lowest BCUT2D eigenvalue weighted by Crippen LogP contribution is -2.35. The molecule has 1 aromatic heterocycles. The van der Waals surface area contributed by atoms with Gasteiger partial charge >= 0.3 is 0 Å². The molecular formula is C15H14ClN3O. The van der Waals surface area contributed by atoms with E-state index in [2.05, 4.69) is 11.1 Å². The predicted molar refractivity (Wildman–Crippen MR) is 80.1 cm³/mol. The Morgan fingerprint density at radius 1 is 1.35 bits per heavy atom. The third kappa shape index (κ3) is 2.23. The number of nitrogen functional groups attached to an aromatic ring is 1. The summed E-state index contributed by atoms with van der Waals surface area (Å²) >= 11 is 5.94. The van der Waals surface area contributed by atoms with Gasteiger partial charge in [0.25, 0.3) is 5.91 Å². The van der Waals surface area contributed by atoms with E-state index in [-0.39, 0.29) is 11.7 Å². The van der Waals surface area contributed by atoms with Gasteiger partial charge in [-0.25, -0.2) is 4.98 Å². The average Bonchev–Trinajstić information content (AvgIpc) is 2.49. The van der Waals surface area contributed by atoms with E-state index in [1.54, 1.807) is 11.0 Å². The van der Waals surface area contributed by atoms with Crippen molar-refractivity contribution in [2.75, 3.05) is 17.2 Å². The normalized spacial score (nSPS) is 13.9. The monoisotopic (exact) mass is 287 g/mol. The van der Waals surface area contributed by atoms with Crippen LogP contribution in [-0.2, 0) is 6.42 Å². The van der Waals surface area contributed by atoms with Crippen molar-refractivity contribution in [2.24, 2.45) is 0 Å². The molecule has 0 radical (unpaired) electrons. The lowest BCUT2D eigenvalue weighted by molar-refractivity contribution is 0.0985. The molecule has 2 N–H and O–H groups in total. The van der Waals surface area contributed by atoms with Crippen LogP contribution < -0.4 is 10.6 Å². The molecule has 0 unspecified atom stereocenters. The zero-order valence-electron chi connectivity index (χ0n) is 10.8. The van der Waals surface area contributed by atoms with E-state index >= 15 is 0 Å². The van der Waals surface area contributed by atoms with Crippen molar-refractivity contribution in [1.82, 2.24) is 4.98 Å². The van der Waals surface area contributed by atoms with Gasteiger partial charge in [-0.15, -0.1) is 0 Å². The van der Waals surface area contributed by atoms with Gasteiger partial charge in [-0.2, -0.15) is 0 Å². The minimum absolute atomic E-state index is 0.0912. The first-order valence-electron chi connectivity index (χ1n) is 6.47. The van der Waals surface area contributed by atoms with E-state index < -0.39 is 0 Å². The summed E-state index contributed by atoms with van der Waals surface area (Å²) in [6.07, 6.45) is 3.43. The fourth-order valence-corrected chi connectivity index (χ4v) is 2.63. The second-order valence-electron chi connectivity index (χ2n) is 4.78. The maximum Gasteiger partial charge on any atom is 0.259 e. The molecule has 102 valence electrons. The molecule has 0 fully saturated rings. The second-order valence-corrected chi connectivity index (χ2v) is 5.19. The molecule has 2 heterocycles. The molecule has 1 amide bonds. The number of amides is 1. The van der Waals surface area contributed by atoms with Gasteiger partial charge in [0.1, 0.15) is 5.82 Å². The first kappa shape index (κ1) is 12.9. The highest BCUT2D eigenvalue weighted by atomic mass is 35.5. The number of pyridine rings is 1. The zero-order chi connectivity index (χ0) is 14.1. The van der Waals surface area contributed by atoms with Crippen LogP contribution in [0.15, 0.2) is 36.5 Å². The van der Waals surface area contributed by atoms with Crippen LogP contribution in [0.5, 0.6) is 0 Å². The number of aryl methyl sites for hydroxylation is 1. The Morgan fingerprint density at radius 3 is 2.95 bits per heavy atom. The van der Waals surface area contributed by atoms with Gasteiger partial charge in [0.15, 0.2) is 0 Å². The number of hydrogen-bond acceptors (Lipinski definition) is 3. The molecule has 0 saturated heterocycles. The van der Waals surface area contributed by atoms with E-state index in [0.717, 1.165) is 18.5 Å². The Balaban J connectivity index is 1.97. The number of nitrogens with zero attached hydrogens (tertiary/aromatic N) is 2. The quantitative estimate of drug-likeness (QED) is 0.877. The molecule has 0 spiro atoms. The molecule has 0 atom stereocenters. The van der Waals surface area contributed by atoms with Crippen LogP contribution in [0.3, 0.4) is 0 Å². The van der Waals surface area contributed by atoms with E-state index in [4.69, 9.17) is 17.3 Å². The molecule has 0 bridgehead atoms. The highest BCUT2D eigenvalue weighted by Crippen LogP contribution is 2.28. The van der Waals surface area contributed by atoms with E-state index in [0.29, 0.717) is 17.1 Å². The molecule has 20 heavy (non-hydrogen) atoms. The molecule has 0 aliphatic carbocycles. The fraction of sp³-hybridized carbons (Fsp3) is 0.200. The Bertz CT molecular complexity index is 672. The molecule has 2 aromatic rings. The van der Waals surface area contributed by atoms with Crippen molar-refractivity contribution in [2.45, 2.75) is 12.8 Å². The standard InChI is InChI=1S/C15H14ClN3O/c16-12-8-11(9-18-14(12)17)15(20)19-7-3-5-10-4-1-2-6-13(10)19/h1-2,4,6,8-9H,3,5,7H2,(H2,17,18). The molecule has 1 aliphatic rings. The summed E-state index contributed by atoms with van der Waals surface area (Å²) < 4.78 is 0. The van der Waals surface area contributed by atoms with E-state index in [1.807, 2.05) is 18.2 Å². The summed E-state index contributed by atoms with van der Waals surface area (Å²) in [4.78, 5) is 18.3. The Kier molecular flexibility index (Phi) is 3.32. The number of para-hydroxylation sites is 1. The number of halogens is 1. The first-order valence-corrected chi connectivity index (χ1v) is 6.85. The Morgan fingerprint density at radius 2 is 2.15 bits per heavy atom. The Hall–Kier alpha value is -2.07. The number of fused-ring (bicyclic) bond motifs is 1. The number of anilines is 2. The maximum absolute atomic E-state index is 12.6. The molecular weight excluding hydrogens is 274 g/mol. The molecule has 1 aromatic carbocycles. The lowest BCUT2D eigenvalue weighted by Gasteiger charge is -2.29. The number of carbonyl (C=O) groups is 1. The third-order valence-corrected chi connectivity index (χ3v) is 3.77. The maximum atomic E-state index is 12.6. The summed E-state index contributed by atoms with van der Waals surface area (Å²) in [7, 11) is 0. The van der Waals surface area contributed by atoms with Crippen LogP contribution in [0.25, 0.3) is 0 Å². The minimum Gasteiger partial charge on any atom is -0.382 e. The summed E-state index contributed by atoms with van der Waals surface area (Å²) in [5, 5.41) is 0.307. The van der Waals surface area contributed by atoms with Gasteiger partial charge in [0.05, 0.1) is 10.6 Å². The average molecular weight is 288 g/mol. The summed E-state index contributed by atoms with van der Waals surface area (Å²) in [5.74, 6) is 0.147. The van der Waals surface area contributed by atoms with Gasteiger partial charge in [-0.3, -0.25) is 4.79 Å². The number of hydrogen-bond donors (Lipinski definition) is 1. The first-order chi connectivity index (χ1) is 9.66. The molecule has 3 rings (SSSR count). The topological polar surface area (TPSA) is 59.2 Å². The van der Waals surface area contributed by atoms with Crippen LogP contribution in [0.4, 0.5) is 11.5 Å². The Labute approximate surface area is 122 Å². The van der Waals surface area contributed by atoms with E-state index in [9.17, 15) is 4.79 Å². The number of rotatable bonds is 1. The van der Waals surface area contributed by atoms with Gasteiger partial charge in [-0.05, 0) is 30.5 Å². The van der Waals surface area contributed by atoms with Gasteiger partial charge in [-0.1, -0.05) is 29.8 Å². The number of benzene rings is 1. The second kappa shape index (κ2) is 5.13. The number of aromatic nitrogens is 1. The number of carbonyl (C=O) groups excluding carboxylic acids is 1. The van der Waals surface area contributed by atoms with Crippen LogP contribution in [-0.4, -0.2) is 17.4 Å². The van der Waals surface area contributed by atoms with Crippen molar-refractivity contribution in [3.8, 4) is 0 Å². The van der Waals surface area contributed by atoms with Crippen LogP contribution in [0.1, 0.15) is 22.3 Å². The van der Waals surface area contributed by atoms with Gasteiger partial charge in [0.2, 0.25) is 0 Å². The van der Waals surface area contributed by atoms with E-state index in [1.165, 1.54) is 11.8 Å². The fourth-order valence-electron chi connectivity index (χ4n) is 2.47. The zero-order valence-corrected chi connectivity index (χ0v) is 11.6. The van der Waals surface area contributed by atoms with Gasteiger partial charge < -0.3 is 10.6 Å². The summed E-state index contributed by atoms with van der Waals surface area (Å²) in [6, 6.07) is 9.54. The largest absolute Gasteiger partial charge is 0.382 e. The minimum atomic E-state index is -0.0912. The molecule has 5 heteroatoms. The predicted octanol–water partition coefficient (Wildman–Crippen LogP) is 2.91. The molecule has 4 nitrogen and oxygen atoms in total. The SMILES string of the molecule is Nc1ncc(C(=O)N2CCCc3ccccc32)cc1Cl. The van der Waals surface area contributed by atoms with Crippen molar-refractivity contribution in [3.05, 3.63) is 52.7 Å². The molecule has 1 aliphatic heterocycles. The third-order valence-electron chi connectivity index (χ3n) is 3.47. The van der Waals surface area contributed by atoms with Crippen molar-refractivity contribution in [3.63, 3.8) is 0 Å². The van der Waals surface area contributed by atoms with Crippen molar-refractivity contribution < 1.29 is 4.79 Å². The van der Waals surface area contributed by atoms with Crippen molar-refractivity contribution >= 4 is 29.0 Å². The van der Waals surface area contributed by atoms with Crippen molar-refractivity contribution in [1.29, 1.82) is 0 Å². The van der Waals surface area contributed by atoms with Crippen LogP contribution in [0, 0.1) is 0 Å². The molecule has 0 saturated carbocycles. The summed E-state index contributed by atoms with van der Waals surface area (Å²) in [6.45, 7) is 0.706. The van der Waals surface area contributed by atoms with Crippen LogP contribution >= 0.6 is 11.6 Å². The smallest absolute Gasteiger partial charge is 0.259 e.